The molecule has 0 atom stereocenters. The number of ether oxygens (including phenoxy) is 1. The molecule has 0 radical (unpaired) electrons. The Morgan fingerprint density at radius 1 is 1.38 bits per heavy atom. The van der Waals surface area contributed by atoms with Gasteiger partial charge in [0.15, 0.2) is 0 Å². The third-order valence-corrected chi connectivity index (χ3v) is 2.96. The van der Waals surface area contributed by atoms with Gasteiger partial charge >= 0.3 is 0 Å². The molecule has 0 aliphatic rings. The summed E-state index contributed by atoms with van der Waals surface area (Å²) in [4.78, 5) is 0. The Morgan fingerprint density at radius 2 is 2.08 bits per heavy atom. The van der Waals surface area contributed by atoms with E-state index in [2.05, 4.69) is 4.72 Å². The van der Waals surface area contributed by atoms with Crippen LogP contribution in [0.3, 0.4) is 0 Å². The molecular formula is C6H14ClNO4S. The van der Waals surface area contributed by atoms with Gasteiger partial charge in [-0.3, -0.25) is 0 Å². The highest BCUT2D eigenvalue weighted by molar-refractivity contribution is 7.90. The molecule has 0 spiro atoms. The molecule has 2 N–H and O–H groups in total. The van der Waals surface area contributed by atoms with Gasteiger partial charge in [0.1, 0.15) is 5.21 Å². The summed E-state index contributed by atoms with van der Waals surface area (Å²) >= 11 is 5.14. The van der Waals surface area contributed by atoms with Crippen LogP contribution in [0.1, 0.15) is 6.42 Å². The summed E-state index contributed by atoms with van der Waals surface area (Å²) in [5.41, 5.74) is 0. The number of aliphatic hydroxyl groups excluding tert-OH is 1. The second-order valence-corrected chi connectivity index (χ2v) is 4.70. The average molecular weight is 232 g/mol. The summed E-state index contributed by atoms with van der Waals surface area (Å²) in [6.45, 7) is 0.988. The molecule has 0 bridgehead atoms. The van der Waals surface area contributed by atoms with E-state index in [-0.39, 0.29) is 13.2 Å². The predicted octanol–water partition coefficient (Wildman–Crippen LogP) is -0.499. The predicted molar refractivity (Wildman–Crippen MR) is 50.2 cm³/mol. The van der Waals surface area contributed by atoms with Crippen LogP contribution in [-0.2, 0) is 14.8 Å². The third-order valence-electron chi connectivity index (χ3n) is 1.17. The maximum absolute atomic E-state index is 10.8. The van der Waals surface area contributed by atoms with Crippen molar-refractivity contribution in [1.29, 1.82) is 0 Å². The van der Waals surface area contributed by atoms with E-state index in [4.69, 9.17) is 21.4 Å². The van der Waals surface area contributed by atoms with Crippen LogP contribution in [0, 0.1) is 0 Å². The molecule has 0 aliphatic heterocycles. The molecule has 0 aliphatic carbocycles. The first-order valence-corrected chi connectivity index (χ1v) is 6.03. The number of rotatable bonds is 8. The highest BCUT2D eigenvalue weighted by Crippen LogP contribution is 1.88. The number of hydrogen-bond acceptors (Lipinski definition) is 4. The van der Waals surface area contributed by atoms with E-state index >= 15 is 0 Å². The summed E-state index contributed by atoms with van der Waals surface area (Å²) < 4.78 is 28.7. The minimum atomic E-state index is -3.30. The lowest BCUT2D eigenvalue weighted by Gasteiger charge is -2.03. The molecule has 0 fully saturated rings. The standard InChI is InChI=1S/C6H14ClNO4S/c7-6-13(10,11)8-2-1-4-12-5-3-9/h8-9H,1-6H2. The lowest BCUT2D eigenvalue weighted by Crippen LogP contribution is -2.26. The summed E-state index contributed by atoms with van der Waals surface area (Å²) in [7, 11) is -3.30. The second-order valence-electron chi connectivity index (χ2n) is 2.31. The van der Waals surface area contributed by atoms with Crippen molar-refractivity contribution in [3.63, 3.8) is 0 Å². The van der Waals surface area contributed by atoms with Crippen LogP contribution >= 0.6 is 11.6 Å². The topological polar surface area (TPSA) is 75.6 Å². The Hall–Kier alpha value is 0.120. The first-order valence-electron chi connectivity index (χ1n) is 3.84. The molecule has 0 saturated heterocycles. The van der Waals surface area contributed by atoms with E-state index in [9.17, 15) is 8.42 Å². The molecule has 5 nitrogen and oxygen atoms in total. The van der Waals surface area contributed by atoms with Gasteiger partial charge in [-0.25, -0.2) is 13.1 Å². The van der Waals surface area contributed by atoms with Crippen LogP contribution in [0.5, 0.6) is 0 Å². The molecule has 0 aromatic heterocycles. The number of halogens is 1. The zero-order chi connectivity index (χ0) is 10.2. The van der Waals surface area contributed by atoms with Gasteiger partial charge in [-0.1, -0.05) is 0 Å². The Bertz CT molecular complexity index is 207. The molecule has 0 aromatic carbocycles. The van der Waals surface area contributed by atoms with Crippen molar-refractivity contribution >= 4 is 21.6 Å². The van der Waals surface area contributed by atoms with Crippen LogP contribution in [0.2, 0.25) is 0 Å². The van der Waals surface area contributed by atoms with Crippen LogP contribution in [0.15, 0.2) is 0 Å². The molecule has 7 heteroatoms. The maximum atomic E-state index is 10.8. The smallest absolute Gasteiger partial charge is 0.225 e. The van der Waals surface area contributed by atoms with Gasteiger partial charge in [-0.15, -0.1) is 11.6 Å². The molecule has 0 unspecified atom stereocenters. The first kappa shape index (κ1) is 13.1. The maximum Gasteiger partial charge on any atom is 0.225 e. The Balaban J connectivity index is 3.26. The quantitative estimate of drug-likeness (QED) is 0.436. The summed E-state index contributed by atoms with van der Waals surface area (Å²) in [5.74, 6) is 0. The summed E-state index contributed by atoms with van der Waals surface area (Å²) in [6, 6.07) is 0. The van der Waals surface area contributed by atoms with E-state index in [1.54, 1.807) is 0 Å². The lowest BCUT2D eigenvalue weighted by atomic mass is 10.5. The Kier molecular flexibility index (Phi) is 7.59. The van der Waals surface area contributed by atoms with Crippen LogP contribution in [0.25, 0.3) is 0 Å². The van der Waals surface area contributed by atoms with Crippen molar-refractivity contribution in [3.8, 4) is 0 Å². The molecule has 0 amide bonds. The van der Waals surface area contributed by atoms with E-state index in [0.717, 1.165) is 0 Å². The number of alkyl halides is 1. The van der Waals surface area contributed by atoms with Gasteiger partial charge in [-0.2, -0.15) is 0 Å². The average Bonchev–Trinajstić information content (AvgIpc) is 2.11. The summed E-state index contributed by atoms with van der Waals surface area (Å²) in [5, 5.41) is 7.91. The zero-order valence-corrected chi connectivity index (χ0v) is 8.77. The number of aliphatic hydroxyl groups is 1. The Labute approximate surface area is 83.1 Å². The van der Waals surface area contributed by atoms with Gasteiger partial charge in [0.25, 0.3) is 0 Å². The SMILES string of the molecule is O=S(=O)(CCl)NCCCOCCO. The van der Waals surface area contributed by atoms with Crippen LogP contribution < -0.4 is 4.72 Å². The molecule has 0 heterocycles. The fourth-order valence-corrected chi connectivity index (χ4v) is 1.37. The van der Waals surface area contributed by atoms with E-state index in [1.165, 1.54) is 0 Å². The van der Waals surface area contributed by atoms with E-state index in [0.29, 0.717) is 19.6 Å². The van der Waals surface area contributed by atoms with Crippen molar-refractivity contribution in [2.24, 2.45) is 0 Å². The highest BCUT2D eigenvalue weighted by atomic mass is 35.5. The van der Waals surface area contributed by atoms with Crippen molar-refractivity contribution < 1.29 is 18.3 Å². The van der Waals surface area contributed by atoms with Crippen molar-refractivity contribution in [3.05, 3.63) is 0 Å². The van der Waals surface area contributed by atoms with Crippen molar-refractivity contribution in [1.82, 2.24) is 4.72 Å². The van der Waals surface area contributed by atoms with E-state index < -0.39 is 15.2 Å². The first-order chi connectivity index (χ1) is 6.12. The van der Waals surface area contributed by atoms with Crippen molar-refractivity contribution in [2.45, 2.75) is 6.42 Å². The van der Waals surface area contributed by atoms with Crippen LogP contribution in [0.4, 0.5) is 0 Å². The summed E-state index contributed by atoms with van der Waals surface area (Å²) in [6.07, 6.45) is 0.566. The number of sulfonamides is 1. The van der Waals surface area contributed by atoms with Crippen LogP contribution in [-0.4, -0.2) is 45.1 Å². The minimum absolute atomic E-state index is 0.0204. The van der Waals surface area contributed by atoms with Gasteiger partial charge in [0.2, 0.25) is 10.0 Å². The molecule has 0 aromatic rings. The fraction of sp³-hybridized carbons (Fsp3) is 1.00. The monoisotopic (exact) mass is 231 g/mol. The Morgan fingerprint density at radius 3 is 2.62 bits per heavy atom. The van der Waals surface area contributed by atoms with Gasteiger partial charge in [0, 0.05) is 13.2 Å². The molecule has 0 rings (SSSR count). The molecular weight excluding hydrogens is 218 g/mol. The lowest BCUT2D eigenvalue weighted by molar-refractivity contribution is 0.0913. The van der Waals surface area contributed by atoms with Gasteiger partial charge in [-0.05, 0) is 6.42 Å². The number of nitrogens with one attached hydrogen (secondary N) is 1. The minimum Gasteiger partial charge on any atom is -0.394 e. The fourth-order valence-electron chi connectivity index (χ4n) is 0.607. The zero-order valence-electron chi connectivity index (χ0n) is 7.20. The third kappa shape index (κ3) is 8.45. The molecule has 80 valence electrons. The van der Waals surface area contributed by atoms with Crippen molar-refractivity contribution in [2.75, 3.05) is 31.6 Å². The highest BCUT2D eigenvalue weighted by Gasteiger charge is 2.05. The molecule has 13 heavy (non-hydrogen) atoms. The number of hydrogen-bond donors (Lipinski definition) is 2. The molecule has 0 saturated carbocycles. The largest absolute Gasteiger partial charge is 0.394 e. The van der Waals surface area contributed by atoms with E-state index in [1.807, 2.05) is 0 Å². The van der Waals surface area contributed by atoms with Gasteiger partial charge in [0.05, 0.1) is 13.2 Å². The normalized spacial score (nSPS) is 11.8. The van der Waals surface area contributed by atoms with Gasteiger partial charge < -0.3 is 9.84 Å². The second kappa shape index (κ2) is 7.52.